The molecule has 3 aromatic rings. The second-order valence-electron chi connectivity index (χ2n) is 5.89. The number of benzene rings is 2. The van der Waals surface area contributed by atoms with Gasteiger partial charge in [-0.2, -0.15) is 0 Å². The van der Waals surface area contributed by atoms with E-state index in [0.717, 1.165) is 27.8 Å². The summed E-state index contributed by atoms with van der Waals surface area (Å²) in [5, 5.41) is 9.34. The van der Waals surface area contributed by atoms with E-state index >= 15 is 0 Å². The van der Waals surface area contributed by atoms with Crippen molar-refractivity contribution in [1.29, 1.82) is 0 Å². The summed E-state index contributed by atoms with van der Waals surface area (Å²) in [4.78, 5) is 4.24. The summed E-state index contributed by atoms with van der Waals surface area (Å²) in [5.41, 5.74) is 11.0. The molecule has 4 rings (SSSR count). The first kappa shape index (κ1) is 15.6. The Bertz CT molecular complexity index is 1140. The molecule has 2 heterocycles. The average Bonchev–Trinajstić information content (AvgIpc) is 2.98. The van der Waals surface area contributed by atoms with E-state index in [2.05, 4.69) is 10.3 Å². The Morgan fingerprint density at radius 3 is 2.76 bits per heavy atom. The van der Waals surface area contributed by atoms with E-state index in [4.69, 9.17) is 10.9 Å². The molecule has 1 aromatic heterocycles. The molecule has 2 aromatic carbocycles. The number of anilines is 2. The summed E-state index contributed by atoms with van der Waals surface area (Å²) in [5.74, 6) is 0. The minimum atomic E-state index is -3.84. The van der Waals surface area contributed by atoms with E-state index in [1.54, 1.807) is 18.3 Å². The van der Waals surface area contributed by atoms with Crippen LogP contribution in [0.1, 0.15) is 11.1 Å². The minimum absolute atomic E-state index is 0.0273. The highest BCUT2D eigenvalue weighted by Crippen LogP contribution is 2.37. The second kappa shape index (κ2) is 5.58. The van der Waals surface area contributed by atoms with E-state index in [1.807, 2.05) is 30.3 Å². The van der Waals surface area contributed by atoms with Crippen LogP contribution in [0.5, 0.6) is 0 Å². The molecule has 7 heteroatoms. The summed E-state index contributed by atoms with van der Waals surface area (Å²) < 4.78 is 23.6. The number of fused-ring (bicyclic) bond motifs is 2. The molecule has 126 valence electrons. The molecule has 0 saturated heterocycles. The maximum absolute atomic E-state index is 11.8. The molecule has 5 N–H and O–H groups in total. The monoisotopic (exact) mass is 352 g/mol. The number of nitrogen functional groups attached to an aromatic ring is 1. The van der Waals surface area contributed by atoms with Crippen molar-refractivity contribution in [3.05, 3.63) is 59.8 Å². The minimum Gasteiger partial charge on any atom is -0.397 e. The van der Waals surface area contributed by atoms with Crippen molar-refractivity contribution in [3.63, 3.8) is 0 Å². The summed E-state index contributed by atoms with van der Waals surface area (Å²) >= 11 is 0. The largest absolute Gasteiger partial charge is 0.397 e. The lowest BCUT2D eigenvalue weighted by Gasteiger charge is -2.08. The van der Waals surface area contributed by atoms with Crippen LogP contribution in [0.3, 0.4) is 0 Å². The first-order chi connectivity index (χ1) is 11.9. The standard InChI is InChI=1S/C18H16N4O2S/c19-15-5-1-3-14-12(10-22-17(14)15)9-11-6-7-16(25(20,23)24)18-13(11)4-2-8-21-18/h1-9,22H,10,19H2,(H2,20,23,24). The number of aromatic nitrogens is 1. The van der Waals surface area contributed by atoms with Crippen LogP contribution in [-0.2, 0) is 10.0 Å². The number of hydrogen-bond donors (Lipinski definition) is 3. The molecule has 1 aliphatic rings. The van der Waals surface area contributed by atoms with Gasteiger partial charge >= 0.3 is 0 Å². The fourth-order valence-corrected chi connectivity index (χ4v) is 3.84. The maximum atomic E-state index is 11.8. The Labute approximate surface area is 145 Å². The molecule has 0 aliphatic carbocycles. The lowest BCUT2D eigenvalue weighted by molar-refractivity contribution is 0.598. The van der Waals surface area contributed by atoms with Gasteiger partial charge in [-0.3, -0.25) is 4.98 Å². The number of primary sulfonamides is 1. The third kappa shape index (κ3) is 2.63. The summed E-state index contributed by atoms with van der Waals surface area (Å²) in [7, 11) is -3.84. The zero-order valence-corrected chi connectivity index (χ0v) is 14.0. The third-order valence-corrected chi connectivity index (χ3v) is 5.24. The molecule has 0 saturated carbocycles. The van der Waals surface area contributed by atoms with Gasteiger partial charge in [0.2, 0.25) is 10.0 Å². The molecule has 6 nitrogen and oxygen atoms in total. The van der Waals surface area contributed by atoms with Crippen LogP contribution in [0.2, 0.25) is 0 Å². The van der Waals surface area contributed by atoms with Crippen LogP contribution in [-0.4, -0.2) is 19.9 Å². The summed E-state index contributed by atoms with van der Waals surface area (Å²) in [6.45, 7) is 0.655. The van der Waals surface area contributed by atoms with Crippen molar-refractivity contribution in [2.24, 2.45) is 5.14 Å². The molecular weight excluding hydrogens is 336 g/mol. The van der Waals surface area contributed by atoms with Gasteiger partial charge in [0.15, 0.2) is 0 Å². The number of pyridine rings is 1. The number of sulfonamides is 1. The van der Waals surface area contributed by atoms with Crippen molar-refractivity contribution in [2.75, 3.05) is 17.6 Å². The molecule has 0 amide bonds. The number of para-hydroxylation sites is 1. The number of rotatable bonds is 2. The Balaban J connectivity index is 1.92. The van der Waals surface area contributed by atoms with Crippen LogP contribution in [0.15, 0.2) is 53.6 Å². The quantitative estimate of drug-likeness (QED) is 0.613. The predicted octanol–water partition coefficient (Wildman–Crippen LogP) is 2.43. The molecule has 0 fully saturated rings. The van der Waals surface area contributed by atoms with Crippen molar-refractivity contribution in [2.45, 2.75) is 4.90 Å². The predicted molar refractivity (Wildman–Crippen MR) is 100 cm³/mol. The summed E-state index contributed by atoms with van der Waals surface area (Å²) in [6, 6.07) is 12.6. The van der Waals surface area contributed by atoms with Gasteiger partial charge in [-0.1, -0.05) is 24.3 Å². The first-order valence-electron chi connectivity index (χ1n) is 7.69. The number of hydrogen-bond acceptors (Lipinski definition) is 5. The number of nitrogens with zero attached hydrogens (tertiary/aromatic N) is 1. The summed E-state index contributed by atoms with van der Waals surface area (Å²) in [6.07, 6.45) is 3.58. The topological polar surface area (TPSA) is 111 Å². The third-order valence-electron chi connectivity index (χ3n) is 4.30. The van der Waals surface area contributed by atoms with Crippen LogP contribution in [0.25, 0.3) is 22.6 Å². The molecule has 0 bridgehead atoms. The van der Waals surface area contributed by atoms with Gasteiger partial charge in [0.05, 0.1) is 16.9 Å². The van der Waals surface area contributed by atoms with Gasteiger partial charge in [0, 0.05) is 23.7 Å². The Kier molecular flexibility index (Phi) is 3.48. The van der Waals surface area contributed by atoms with Crippen molar-refractivity contribution in [3.8, 4) is 0 Å². The average molecular weight is 352 g/mol. The molecule has 0 radical (unpaired) electrons. The highest BCUT2D eigenvalue weighted by atomic mass is 32.2. The van der Waals surface area contributed by atoms with Crippen LogP contribution >= 0.6 is 0 Å². The lowest BCUT2D eigenvalue weighted by Crippen LogP contribution is -2.13. The zero-order chi connectivity index (χ0) is 17.6. The first-order valence-corrected chi connectivity index (χ1v) is 9.23. The Morgan fingerprint density at radius 1 is 1.12 bits per heavy atom. The number of nitrogens with two attached hydrogens (primary N) is 2. The van der Waals surface area contributed by atoms with Gasteiger partial charge in [-0.05, 0) is 35.4 Å². The second-order valence-corrected chi connectivity index (χ2v) is 7.42. The van der Waals surface area contributed by atoms with Crippen molar-refractivity contribution < 1.29 is 8.42 Å². The van der Waals surface area contributed by atoms with Gasteiger partial charge in [0.25, 0.3) is 0 Å². The molecule has 25 heavy (non-hydrogen) atoms. The lowest BCUT2D eigenvalue weighted by atomic mass is 10.0. The van der Waals surface area contributed by atoms with Gasteiger partial charge in [-0.15, -0.1) is 0 Å². The normalized spacial score (nSPS) is 15.3. The zero-order valence-electron chi connectivity index (χ0n) is 13.2. The van der Waals surface area contributed by atoms with E-state index in [9.17, 15) is 8.42 Å². The van der Waals surface area contributed by atoms with Crippen LogP contribution < -0.4 is 16.2 Å². The van der Waals surface area contributed by atoms with Gasteiger partial charge in [-0.25, -0.2) is 13.6 Å². The van der Waals surface area contributed by atoms with Crippen molar-refractivity contribution >= 4 is 44.0 Å². The fourth-order valence-electron chi connectivity index (χ4n) is 3.15. The molecule has 0 atom stereocenters. The fraction of sp³-hybridized carbons (Fsp3) is 0.0556. The maximum Gasteiger partial charge on any atom is 0.240 e. The van der Waals surface area contributed by atoms with E-state index in [0.29, 0.717) is 17.7 Å². The van der Waals surface area contributed by atoms with Gasteiger partial charge in [0.1, 0.15) is 4.90 Å². The highest BCUT2D eigenvalue weighted by molar-refractivity contribution is 7.89. The highest BCUT2D eigenvalue weighted by Gasteiger charge is 2.19. The van der Waals surface area contributed by atoms with Gasteiger partial charge < -0.3 is 11.1 Å². The van der Waals surface area contributed by atoms with E-state index in [1.165, 1.54) is 6.07 Å². The van der Waals surface area contributed by atoms with E-state index in [-0.39, 0.29) is 4.90 Å². The molecule has 0 spiro atoms. The van der Waals surface area contributed by atoms with Crippen LogP contribution in [0, 0.1) is 0 Å². The molecule has 0 unspecified atom stereocenters. The Morgan fingerprint density at radius 2 is 1.96 bits per heavy atom. The van der Waals surface area contributed by atoms with Crippen molar-refractivity contribution in [1.82, 2.24) is 4.98 Å². The molecule has 1 aliphatic heterocycles. The van der Waals surface area contributed by atoms with E-state index < -0.39 is 10.0 Å². The Hall–Kier alpha value is -2.90. The SMILES string of the molecule is Nc1cccc2c1NCC2=Cc1ccc(S(N)(=O)=O)c2ncccc12. The smallest absolute Gasteiger partial charge is 0.240 e. The molecular formula is C18H16N4O2S. The van der Waals surface area contributed by atoms with Crippen LogP contribution in [0.4, 0.5) is 11.4 Å². The number of nitrogens with one attached hydrogen (secondary N) is 1.